The first-order valence-corrected chi connectivity index (χ1v) is 9.77. The van der Waals surface area contributed by atoms with Crippen LogP contribution in [0.4, 0.5) is 10.1 Å². The molecular formula is C20H19FN4O3S. The van der Waals surface area contributed by atoms with Gasteiger partial charge in [-0.15, -0.1) is 10.2 Å². The fourth-order valence-corrected chi connectivity index (χ4v) is 3.24. The molecule has 7 nitrogen and oxygen atoms in total. The van der Waals surface area contributed by atoms with E-state index in [9.17, 15) is 14.0 Å². The standard InChI is InChI=1S/C20H19FN4O3S/c1-14-23-24-20(25(14)11-15-5-3-2-4-6-15)29-13-19(27)28-12-18(26)22-17-9-7-16(21)8-10-17/h2-10H,11-13H2,1H3,(H,22,26). The number of nitrogens with zero attached hydrogens (tertiary/aromatic N) is 3. The number of rotatable bonds is 8. The normalized spacial score (nSPS) is 10.6. The summed E-state index contributed by atoms with van der Waals surface area (Å²) in [7, 11) is 0. The highest BCUT2D eigenvalue weighted by molar-refractivity contribution is 7.99. The number of benzene rings is 2. The van der Waals surface area contributed by atoms with E-state index in [0.29, 0.717) is 17.4 Å². The van der Waals surface area contributed by atoms with E-state index in [1.807, 2.05) is 41.8 Å². The fraction of sp³-hybridized carbons (Fsp3) is 0.200. The molecule has 150 valence electrons. The number of halogens is 1. The first kappa shape index (κ1) is 20.5. The fourth-order valence-electron chi connectivity index (χ4n) is 2.46. The van der Waals surface area contributed by atoms with Crippen LogP contribution in [-0.2, 0) is 20.9 Å². The number of thioether (sulfide) groups is 1. The molecule has 0 unspecified atom stereocenters. The molecule has 29 heavy (non-hydrogen) atoms. The lowest BCUT2D eigenvalue weighted by Gasteiger charge is -2.09. The minimum atomic E-state index is -0.545. The van der Waals surface area contributed by atoms with Crippen molar-refractivity contribution < 1.29 is 18.7 Å². The number of hydrogen-bond donors (Lipinski definition) is 1. The summed E-state index contributed by atoms with van der Waals surface area (Å²) in [5.74, 6) is -0.712. The van der Waals surface area contributed by atoms with Gasteiger partial charge in [0.05, 0.1) is 12.3 Å². The van der Waals surface area contributed by atoms with Crippen LogP contribution >= 0.6 is 11.8 Å². The Labute approximate surface area is 171 Å². The maximum absolute atomic E-state index is 12.9. The van der Waals surface area contributed by atoms with E-state index in [4.69, 9.17) is 4.74 Å². The second-order valence-corrected chi connectivity index (χ2v) is 7.05. The Balaban J connectivity index is 1.47. The van der Waals surface area contributed by atoms with Gasteiger partial charge in [-0.25, -0.2) is 4.39 Å². The average Bonchev–Trinajstić information content (AvgIpc) is 3.07. The molecule has 0 bridgehead atoms. The van der Waals surface area contributed by atoms with Gasteiger partial charge in [0.25, 0.3) is 5.91 Å². The number of hydrogen-bond acceptors (Lipinski definition) is 6. The van der Waals surface area contributed by atoms with E-state index in [1.165, 1.54) is 36.0 Å². The van der Waals surface area contributed by atoms with E-state index >= 15 is 0 Å². The molecule has 0 saturated heterocycles. The van der Waals surface area contributed by atoms with Crippen molar-refractivity contribution in [2.75, 3.05) is 17.7 Å². The Morgan fingerprint density at radius 1 is 1.10 bits per heavy atom. The third-order valence-electron chi connectivity index (χ3n) is 3.90. The summed E-state index contributed by atoms with van der Waals surface area (Å²) >= 11 is 1.19. The number of ether oxygens (including phenoxy) is 1. The SMILES string of the molecule is Cc1nnc(SCC(=O)OCC(=O)Nc2ccc(F)cc2)n1Cc1ccccc1. The van der Waals surface area contributed by atoms with Gasteiger partial charge in [-0.05, 0) is 36.8 Å². The van der Waals surface area contributed by atoms with Crippen molar-refractivity contribution in [3.63, 3.8) is 0 Å². The lowest BCUT2D eigenvalue weighted by molar-refractivity contribution is -0.144. The lowest BCUT2D eigenvalue weighted by Crippen LogP contribution is -2.21. The Kier molecular flexibility index (Phi) is 6.96. The number of aryl methyl sites for hydroxylation is 1. The van der Waals surface area contributed by atoms with Gasteiger partial charge in [-0.3, -0.25) is 9.59 Å². The van der Waals surface area contributed by atoms with Crippen LogP contribution in [0.25, 0.3) is 0 Å². The molecule has 0 atom stereocenters. The second-order valence-electron chi connectivity index (χ2n) is 6.11. The van der Waals surface area contributed by atoms with Gasteiger partial charge in [0.1, 0.15) is 11.6 Å². The second kappa shape index (κ2) is 9.83. The molecule has 0 aliphatic rings. The van der Waals surface area contributed by atoms with E-state index in [2.05, 4.69) is 15.5 Å². The van der Waals surface area contributed by atoms with Crippen LogP contribution in [0, 0.1) is 12.7 Å². The van der Waals surface area contributed by atoms with E-state index in [0.717, 1.165) is 11.4 Å². The maximum atomic E-state index is 12.9. The monoisotopic (exact) mass is 414 g/mol. The number of anilines is 1. The van der Waals surface area contributed by atoms with Gasteiger partial charge in [0, 0.05) is 5.69 Å². The zero-order valence-electron chi connectivity index (χ0n) is 15.7. The summed E-state index contributed by atoms with van der Waals surface area (Å²) < 4.78 is 19.8. The molecule has 3 rings (SSSR count). The van der Waals surface area contributed by atoms with Crippen molar-refractivity contribution in [1.29, 1.82) is 0 Å². The van der Waals surface area contributed by atoms with E-state index in [-0.39, 0.29) is 5.75 Å². The summed E-state index contributed by atoms with van der Waals surface area (Å²) in [5.41, 5.74) is 1.52. The van der Waals surface area contributed by atoms with Crippen LogP contribution < -0.4 is 5.32 Å². The minimum absolute atomic E-state index is 0.00322. The Morgan fingerprint density at radius 2 is 1.83 bits per heavy atom. The number of amides is 1. The quantitative estimate of drug-likeness (QED) is 0.450. The van der Waals surface area contributed by atoms with Crippen LogP contribution in [-0.4, -0.2) is 39.0 Å². The van der Waals surface area contributed by atoms with Crippen molar-refractivity contribution in [2.24, 2.45) is 0 Å². The highest BCUT2D eigenvalue weighted by atomic mass is 32.2. The topological polar surface area (TPSA) is 86.1 Å². The molecule has 1 aromatic heterocycles. The highest BCUT2D eigenvalue weighted by Crippen LogP contribution is 2.18. The Hall–Kier alpha value is -3.20. The van der Waals surface area contributed by atoms with Crippen molar-refractivity contribution in [1.82, 2.24) is 14.8 Å². The molecule has 9 heteroatoms. The minimum Gasteiger partial charge on any atom is -0.455 e. The Bertz CT molecular complexity index is 977. The smallest absolute Gasteiger partial charge is 0.316 e. The van der Waals surface area contributed by atoms with E-state index < -0.39 is 24.3 Å². The van der Waals surface area contributed by atoms with Crippen LogP contribution in [0.15, 0.2) is 59.8 Å². The number of carbonyl (C=O) groups is 2. The van der Waals surface area contributed by atoms with Gasteiger partial charge in [-0.2, -0.15) is 0 Å². The van der Waals surface area contributed by atoms with Crippen molar-refractivity contribution >= 4 is 29.3 Å². The van der Waals surface area contributed by atoms with Gasteiger partial charge < -0.3 is 14.6 Å². The molecule has 0 saturated carbocycles. The van der Waals surface area contributed by atoms with Crippen molar-refractivity contribution in [3.05, 3.63) is 71.8 Å². The van der Waals surface area contributed by atoms with Gasteiger partial charge >= 0.3 is 5.97 Å². The third kappa shape index (κ3) is 6.15. The first-order chi connectivity index (χ1) is 14.0. The summed E-state index contributed by atoms with van der Waals surface area (Å²) in [6, 6.07) is 15.2. The van der Waals surface area contributed by atoms with Gasteiger partial charge in [0.15, 0.2) is 11.8 Å². The summed E-state index contributed by atoms with van der Waals surface area (Å²) in [4.78, 5) is 23.8. The van der Waals surface area contributed by atoms with Crippen LogP contribution in [0.3, 0.4) is 0 Å². The zero-order chi connectivity index (χ0) is 20.6. The van der Waals surface area contributed by atoms with Crippen molar-refractivity contribution in [3.8, 4) is 0 Å². The summed E-state index contributed by atoms with van der Waals surface area (Å²) in [6.45, 7) is 2.02. The molecule has 1 amide bonds. The predicted molar refractivity (Wildman–Crippen MR) is 107 cm³/mol. The highest BCUT2D eigenvalue weighted by Gasteiger charge is 2.14. The third-order valence-corrected chi connectivity index (χ3v) is 4.84. The number of esters is 1. The number of carbonyl (C=O) groups excluding carboxylic acids is 2. The van der Waals surface area contributed by atoms with Crippen molar-refractivity contribution in [2.45, 2.75) is 18.6 Å². The maximum Gasteiger partial charge on any atom is 0.316 e. The summed E-state index contributed by atoms with van der Waals surface area (Å²) in [6.07, 6.45) is 0. The average molecular weight is 414 g/mol. The molecular weight excluding hydrogens is 395 g/mol. The van der Waals surface area contributed by atoms with Gasteiger partial charge in [0.2, 0.25) is 0 Å². The van der Waals surface area contributed by atoms with Crippen LogP contribution in [0.1, 0.15) is 11.4 Å². The Morgan fingerprint density at radius 3 is 2.55 bits per heavy atom. The molecule has 2 aromatic carbocycles. The molecule has 1 heterocycles. The molecule has 0 fully saturated rings. The predicted octanol–water partition coefficient (Wildman–Crippen LogP) is 3.05. The summed E-state index contributed by atoms with van der Waals surface area (Å²) in [5, 5.41) is 11.3. The first-order valence-electron chi connectivity index (χ1n) is 8.79. The number of aromatic nitrogens is 3. The van der Waals surface area contributed by atoms with Crippen LogP contribution in [0.5, 0.6) is 0 Å². The molecule has 0 spiro atoms. The molecule has 3 aromatic rings. The van der Waals surface area contributed by atoms with Gasteiger partial charge in [-0.1, -0.05) is 42.1 Å². The molecule has 0 aliphatic carbocycles. The van der Waals surface area contributed by atoms with E-state index in [1.54, 1.807) is 0 Å². The largest absolute Gasteiger partial charge is 0.455 e. The van der Waals surface area contributed by atoms with Crippen LogP contribution in [0.2, 0.25) is 0 Å². The zero-order valence-corrected chi connectivity index (χ0v) is 16.5. The number of nitrogens with one attached hydrogen (secondary N) is 1. The molecule has 1 N–H and O–H groups in total. The lowest BCUT2D eigenvalue weighted by atomic mass is 10.2. The molecule has 0 radical (unpaired) electrons. The molecule has 0 aliphatic heterocycles.